The van der Waals surface area contributed by atoms with Crippen LogP contribution in [0.1, 0.15) is 28.8 Å². The third-order valence-corrected chi connectivity index (χ3v) is 5.38. The molecule has 2 atom stereocenters. The van der Waals surface area contributed by atoms with Gasteiger partial charge in [-0.05, 0) is 49.2 Å². The number of nitrogens with one attached hydrogen (secondary N) is 1. The molecule has 2 aromatic rings. The molecule has 2 unspecified atom stereocenters. The zero-order chi connectivity index (χ0) is 21.5. The topological polar surface area (TPSA) is 66.5 Å². The fraction of sp³-hybridized carbons (Fsp3) is 0.227. The molecular formula is C22H17F3N2O3. The quantitative estimate of drug-likeness (QED) is 0.598. The highest BCUT2D eigenvalue weighted by Crippen LogP contribution is 2.38. The van der Waals surface area contributed by atoms with Gasteiger partial charge in [0, 0.05) is 5.56 Å². The monoisotopic (exact) mass is 414 g/mol. The smallest absolute Gasteiger partial charge is 0.321 e. The molecule has 0 saturated carbocycles. The van der Waals surface area contributed by atoms with Crippen LogP contribution in [0.2, 0.25) is 0 Å². The van der Waals surface area contributed by atoms with Crippen molar-refractivity contribution in [3.05, 3.63) is 71.8 Å². The SMILES string of the molecule is O=C(Nc1ccccc1C(F)(F)F)c1ccc(N2C(=O)C3CC=CCC3C2=O)cc1. The molecule has 0 spiro atoms. The number of fused-ring (bicyclic) bond motifs is 1. The normalized spacial score (nSPS) is 21.0. The number of alkyl halides is 3. The number of hydrogen-bond acceptors (Lipinski definition) is 3. The molecule has 3 amide bonds. The minimum Gasteiger partial charge on any atom is -0.321 e. The highest BCUT2D eigenvalue weighted by molar-refractivity contribution is 6.22. The molecular weight excluding hydrogens is 397 g/mol. The lowest BCUT2D eigenvalue weighted by Gasteiger charge is -2.16. The van der Waals surface area contributed by atoms with Crippen molar-refractivity contribution in [1.29, 1.82) is 0 Å². The number of allylic oxidation sites excluding steroid dienone is 2. The second-order valence-electron chi connectivity index (χ2n) is 7.21. The Labute approximate surface area is 170 Å². The van der Waals surface area contributed by atoms with Crippen LogP contribution < -0.4 is 10.2 Å². The Morgan fingerprint density at radius 2 is 1.47 bits per heavy atom. The molecule has 154 valence electrons. The number of halogens is 3. The van der Waals surface area contributed by atoms with Crippen molar-refractivity contribution in [3.8, 4) is 0 Å². The van der Waals surface area contributed by atoms with Crippen LogP contribution in [0.15, 0.2) is 60.7 Å². The molecule has 0 radical (unpaired) electrons. The predicted octanol–water partition coefficient (Wildman–Crippen LogP) is 4.41. The Bertz CT molecular complexity index is 1020. The van der Waals surface area contributed by atoms with E-state index in [0.717, 1.165) is 11.0 Å². The third-order valence-electron chi connectivity index (χ3n) is 5.38. The number of anilines is 2. The van der Waals surface area contributed by atoms with E-state index in [1.54, 1.807) is 0 Å². The number of carbonyl (C=O) groups excluding carboxylic acids is 3. The second kappa shape index (κ2) is 7.44. The Kier molecular flexibility index (Phi) is 4.93. The summed E-state index contributed by atoms with van der Waals surface area (Å²) in [7, 11) is 0. The van der Waals surface area contributed by atoms with Crippen molar-refractivity contribution in [2.24, 2.45) is 11.8 Å². The lowest BCUT2D eigenvalue weighted by molar-refractivity contribution is -0.137. The molecule has 1 aliphatic carbocycles. The van der Waals surface area contributed by atoms with E-state index >= 15 is 0 Å². The van der Waals surface area contributed by atoms with Crippen LogP contribution in [0.4, 0.5) is 24.5 Å². The molecule has 1 aliphatic heterocycles. The van der Waals surface area contributed by atoms with Crippen molar-refractivity contribution in [2.75, 3.05) is 10.2 Å². The van der Waals surface area contributed by atoms with Crippen LogP contribution in [-0.2, 0) is 15.8 Å². The van der Waals surface area contributed by atoms with Gasteiger partial charge in [-0.1, -0.05) is 24.3 Å². The fourth-order valence-electron chi connectivity index (χ4n) is 3.85. The lowest BCUT2D eigenvalue weighted by atomic mass is 9.85. The van der Waals surface area contributed by atoms with E-state index in [0.29, 0.717) is 18.5 Å². The van der Waals surface area contributed by atoms with Gasteiger partial charge < -0.3 is 5.32 Å². The molecule has 8 heteroatoms. The summed E-state index contributed by atoms with van der Waals surface area (Å²) in [5.41, 5.74) is -0.847. The molecule has 1 fully saturated rings. The molecule has 0 aromatic heterocycles. The van der Waals surface area contributed by atoms with Gasteiger partial charge in [0.2, 0.25) is 11.8 Å². The fourth-order valence-corrected chi connectivity index (χ4v) is 3.85. The first-order valence-corrected chi connectivity index (χ1v) is 9.38. The molecule has 5 nitrogen and oxygen atoms in total. The van der Waals surface area contributed by atoms with Gasteiger partial charge >= 0.3 is 6.18 Å². The van der Waals surface area contributed by atoms with E-state index in [9.17, 15) is 27.6 Å². The summed E-state index contributed by atoms with van der Waals surface area (Å²) in [5.74, 6) is -2.01. The number of imide groups is 1. The average molecular weight is 414 g/mol. The first-order chi connectivity index (χ1) is 14.3. The minimum atomic E-state index is -4.60. The Morgan fingerprint density at radius 1 is 0.900 bits per heavy atom. The van der Waals surface area contributed by atoms with Crippen LogP contribution in [0.25, 0.3) is 0 Å². The lowest BCUT2D eigenvalue weighted by Crippen LogP contribution is -2.30. The third kappa shape index (κ3) is 3.49. The zero-order valence-electron chi connectivity index (χ0n) is 15.6. The van der Waals surface area contributed by atoms with Gasteiger partial charge in [-0.25, -0.2) is 0 Å². The summed E-state index contributed by atoms with van der Waals surface area (Å²) in [6.07, 6.45) is 0.218. The Hall–Kier alpha value is -3.42. The molecule has 1 N–H and O–H groups in total. The van der Waals surface area contributed by atoms with Crippen LogP contribution in [0, 0.1) is 11.8 Å². The molecule has 1 saturated heterocycles. The number of para-hydroxylation sites is 1. The van der Waals surface area contributed by atoms with Gasteiger partial charge in [-0.3, -0.25) is 19.3 Å². The van der Waals surface area contributed by atoms with Gasteiger partial charge in [0.25, 0.3) is 5.91 Å². The highest BCUT2D eigenvalue weighted by Gasteiger charge is 2.47. The molecule has 2 aliphatic rings. The summed E-state index contributed by atoms with van der Waals surface area (Å²) in [6, 6.07) is 10.3. The largest absolute Gasteiger partial charge is 0.418 e. The van der Waals surface area contributed by atoms with E-state index in [1.807, 2.05) is 12.2 Å². The summed E-state index contributed by atoms with van der Waals surface area (Å²) < 4.78 is 39.3. The van der Waals surface area contributed by atoms with E-state index < -0.39 is 17.6 Å². The summed E-state index contributed by atoms with van der Waals surface area (Å²) in [6.45, 7) is 0. The maximum Gasteiger partial charge on any atom is 0.418 e. The van der Waals surface area contributed by atoms with Crippen LogP contribution in [0.3, 0.4) is 0 Å². The number of rotatable bonds is 3. The zero-order valence-corrected chi connectivity index (χ0v) is 15.6. The van der Waals surface area contributed by atoms with Crippen LogP contribution in [0.5, 0.6) is 0 Å². The minimum absolute atomic E-state index is 0.105. The number of benzene rings is 2. The Balaban J connectivity index is 1.53. The Morgan fingerprint density at radius 3 is 2.03 bits per heavy atom. The van der Waals surface area contributed by atoms with Gasteiger partial charge in [-0.2, -0.15) is 13.2 Å². The number of amides is 3. The van der Waals surface area contributed by atoms with Crippen molar-refractivity contribution in [3.63, 3.8) is 0 Å². The van der Waals surface area contributed by atoms with Crippen molar-refractivity contribution < 1.29 is 27.6 Å². The van der Waals surface area contributed by atoms with Gasteiger partial charge in [0.1, 0.15) is 0 Å². The maximum atomic E-state index is 13.1. The van der Waals surface area contributed by atoms with E-state index in [4.69, 9.17) is 0 Å². The summed E-state index contributed by atoms with van der Waals surface area (Å²) in [4.78, 5) is 38.8. The number of hydrogen-bond donors (Lipinski definition) is 1. The number of carbonyl (C=O) groups is 3. The molecule has 1 heterocycles. The highest BCUT2D eigenvalue weighted by atomic mass is 19.4. The first kappa shape index (κ1) is 19.9. The molecule has 30 heavy (non-hydrogen) atoms. The summed E-state index contributed by atoms with van der Waals surface area (Å²) >= 11 is 0. The average Bonchev–Trinajstić information content (AvgIpc) is 2.98. The van der Waals surface area contributed by atoms with Crippen molar-refractivity contribution in [2.45, 2.75) is 19.0 Å². The summed E-state index contributed by atoms with van der Waals surface area (Å²) in [5, 5.41) is 2.27. The van der Waals surface area contributed by atoms with Gasteiger partial charge in [0.15, 0.2) is 0 Å². The molecule has 4 rings (SSSR count). The second-order valence-corrected chi connectivity index (χ2v) is 7.21. The van der Waals surface area contributed by atoms with Crippen LogP contribution >= 0.6 is 0 Å². The van der Waals surface area contributed by atoms with E-state index in [2.05, 4.69) is 5.32 Å². The predicted molar refractivity (Wildman–Crippen MR) is 104 cm³/mol. The van der Waals surface area contributed by atoms with Gasteiger partial charge in [-0.15, -0.1) is 0 Å². The number of nitrogens with zero attached hydrogens (tertiary/aromatic N) is 1. The van der Waals surface area contributed by atoms with E-state index in [-0.39, 0.29) is 34.9 Å². The maximum absolute atomic E-state index is 13.1. The first-order valence-electron chi connectivity index (χ1n) is 9.38. The van der Waals surface area contributed by atoms with Crippen molar-refractivity contribution >= 4 is 29.1 Å². The van der Waals surface area contributed by atoms with Crippen LogP contribution in [-0.4, -0.2) is 17.7 Å². The molecule has 0 bridgehead atoms. The van der Waals surface area contributed by atoms with Crippen molar-refractivity contribution in [1.82, 2.24) is 0 Å². The standard InChI is InChI=1S/C22H17F3N2O3/c23-22(24,25)17-7-3-4-8-18(17)26-19(28)13-9-11-14(12-10-13)27-20(29)15-5-1-2-6-16(15)21(27)30/h1-4,7-12,15-16H,5-6H2,(H,26,28). The van der Waals surface area contributed by atoms with Gasteiger partial charge in [0.05, 0.1) is 28.8 Å². The van der Waals surface area contributed by atoms with E-state index in [1.165, 1.54) is 42.5 Å². The molecule has 2 aromatic carbocycles.